The molecule has 0 bridgehead atoms. The second kappa shape index (κ2) is 8.60. The van der Waals surface area contributed by atoms with Gasteiger partial charge in [-0.25, -0.2) is 8.42 Å². The van der Waals surface area contributed by atoms with Crippen LogP contribution < -0.4 is 10.0 Å². The van der Waals surface area contributed by atoms with Gasteiger partial charge in [0.15, 0.2) is 0 Å². The fourth-order valence-electron chi connectivity index (χ4n) is 2.36. The fourth-order valence-corrected chi connectivity index (χ4v) is 3.80. The summed E-state index contributed by atoms with van der Waals surface area (Å²) < 4.78 is 27.5. The first-order valence-electron chi connectivity index (χ1n) is 8.11. The van der Waals surface area contributed by atoms with Gasteiger partial charge in [-0.3, -0.25) is 14.5 Å². The molecule has 0 unspecified atom stereocenters. The van der Waals surface area contributed by atoms with Crippen LogP contribution in [0.3, 0.4) is 0 Å². The minimum atomic E-state index is -3.89. The summed E-state index contributed by atoms with van der Waals surface area (Å²) in [6.07, 6.45) is 1.64. The zero-order valence-corrected chi connectivity index (χ0v) is 16.7. The molecule has 1 aromatic heterocycles. The SMILES string of the molecule is O=C(NCc1ccccn1)c1cccc(NS(=O)(=O)c2ccc(Cl)c(Cl)c2)c1. The first-order chi connectivity index (χ1) is 13.3. The summed E-state index contributed by atoms with van der Waals surface area (Å²) in [4.78, 5) is 16.4. The molecule has 144 valence electrons. The highest BCUT2D eigenvalue weighted by molar-refractivity contribution is 7.92. The number of nitrogens with one attached hydrogen (secondary N) is 2. The molecule has 0 atom stereocenters. The molecule has 9 heteroatoms. The van der Waals surface area contributed by atoms with Crippen molar-refractivity contribution < 1.29 is 13.2 Å². The van der Waals surface area contributed by atoms with Crippen LogP contribution in [0.1, 0.15) is 16.1 Å². The van der Waals surface area contributed by atoms with E-state index in [2.05, 4.69) is 15.0 Å². The molecular formula is C19H15Cl2N3O3S. The van der Waals surface area contributed by atoms with Crippen LogP contribution in [0.5, 0.6) is 0 Å². The van der Waals surface area contributed by atoms with E-state index >= 15 is 0 Å². The standard InChI is InChI=1S/C19H15Cl2N3O3S/c20-17-8-7-16(11-18(17)21)28(26,27)24-14-6-3-4-13(10-14)19(25)23-12-15-5-1-2-9-22-15/h1-11,24H,12H2,(H,23,25). The third kappa shape index (κ3) is 5.01. The van der Waals surface area contributed by atoms with E-state index in [-0.39, 0.29) is 33.1 Å². The van der Waals surface area contributed by atoms with E-state index in [4.69, 9.17) is 23.2 Å². The van der Waals surface area contributed by atoms with Crippen LogP contribution in [0.25, 0.3) is 0 Å². The number of sulfonamides is 1. The Hall–Kier alpha value is -2.61. The molecule has 0 radical (unpaired) electrons. The van der Waals surface area contributed by atoms with Crippen LogP contribution >= 0.6 is 23.2 Å². The molecule has 0 aliphatic heterocycles. The molecule has 0 aliphatic carbocycles. The molecule has 0 fully saturated rings. The Morgan fingerprint density at radius 1 is 0.964 bits per heavy atom. The van der Waals surface area contributed by atoms with Gasteiger partial charge in [0, 0.05) is 17.4 Å². The number of nitrogens with zero attached hydrogens (tertiary/aromatic N) is 1. The summed E-state index contributed by atoms with van der Waals surface area (Å²) in [5.41, 5.74) is 1.27. The number of hydrogen-bond acceptors (Lipinski definition) is 4. The van der Waals surface area contributed by atoms with E-state index in [0.29, 0.717) is 11.3 Å². The number of rotatable bonds is 6. The lowest BCUT2D eigenvalue weighted by atomic mass is 10.2. The van der Waals surface area contributed by atoms with Crippen molar-refractivity contribution in [1.29, 1.82) is 0 Å². The van der Waals surface area contributed by atoms with Crippen molar-refractivity contribution in [1.82, 2.24) is 10.3 Å². The molecule has 1 amide bonds. The van der Waals surface area contributed by atoms with E-state index in [1.54, 1.807) is 36.5 Å². The topological polar surface area (TPSA) is 88.2 Å². The Kier molecular flexibility index (Phi) is 6.18. The molecule has 0 saturated carbocycles. The average Bonchev–Trinajstić information content (AvgIpc) is 2.69. The van der Waals surface area contributed by atoms with Crippen LogP contribution in [-0.2, 0) is 16.6 Å². The van der Waals surface area contributed by atoms with Crippen LogP contribution in [-0.4, -0.2) is 19.3 Å². The predicted octanol–water partition coefficient (Wildman–Crippen LogP) is 4.12. The maximum Gasteiger partial charge on any atom is 0.261 e. The van der Waals surface area contributed by atoms with Crippen molar-refractivity contribution in [2.45, 2.75) is 11.4 Å². The molecule has 2 N–H and O–H groups in total. The summed E-state index contributed by atoms with van der Waals surface area (Å²) in [6, 6.07) is 15.6. The number of benzene rings is 2. The number of anilines is 1. The van der Waals surface area contributed by atoms with E-state index in [9.17, 15) is 13.2 Å². The molecular weight excluding hydrogens is 421 g/mol. The van der Waals surface area contributed by atoms with Gasteiger partial charge >= 0.3 is 0 Å². The molecule has 2 aromatic carbocycles. The second-order valence-corrected chi connectivity index (χ2v) is 8.26. The zero-order chi connectivity index (χ0) is 20.1. The number of carbonyl (C=O) groups is 1. The molecule has 0 saturated heterocycles. The summed E-state index contributed by atoms with van der Waals surface area (Å²) in [6.45, 7) is 0.263. The summed E-state index contributed by atoms with van der Waals surface area (Å²) in [5, 5.41) is 3.13. The van der Waals surface area contributed by atoms with Gasteiger partial charge in [0.25, 0.3) is 15.9 Å². The van der Waals surface area contributed by atoms with Crippen molar-refractivity contribution in [3.63, 3.8) is 0 Å². The first-order valence-corrected chi connectivity index (χ1v) is 10.3. The van der Waals surface area contributed by atoms with Crippen LogP contribution in [0.15, 0.2) is 71.8 Å². The molecule has 1 heterocycles. The smallest absolute Gasteiger partial charge is 0.261 e. The first kappa shape index (κ1) is 20.1. The molecule has 0 spiro atoms. The molecule has 0 aliphatic rings. The van der Waals surface area contributed by atoms with Crippen molar-refractivity contribution >= 4 is 44.8 Å². The minimum Gasteiger partial charge on any atom is -0.346 e. The summed E-state index contributed by atoms with van der Waals surface area (Å²) >= 11 is 11.7. The van der Waals surface area contributed by atoms with E-state index < -0.39 is 10.0 Å². The van der Waals surface area contributed by atoms with Gasteiger partial charge in [0.05, 0.1) is 27.2 Å². The summed E-state index contributed by atoms with van der Waals surface area (Å²) in [5.74, 6) is -0.346. The average molecular weight is 436 g/mol. The lowest BCUT2D eigenvalue weighted by Crippen LogP contribution is -2.23. The zero-order valence-electron chi connectivity index (χ0n) is 14.4. The predicted molar refractivity (Wildman–Crippen MR) is 109 cm³/mol. The largest absolute Gasteiger partial charge is 0.346 e. The second-order valence-electron chi connectivity index (χ2n) is 5.77. The molecule has 6 nitrogen and oxygen atoms in total. The number of pyridine rings is 1. The normalized spacial score (nSPS) is 11.1. The minimum absolute atomic E-state index is 0.0353. The van der Waals surface area contributed by atoms with Gasteiger partial charge in [-0.1, -0.05) is 35.3 Å². The fraction of sp³-hybridized carbons (Fsp3) is 0.0526. The summed E-state index contributed by atoms with van der Waals surface area (Å²) in [7, 11) is -3.89. The van der Waals surface area contributed by atoms with Crippen molar-refractivity contribution in [2.24, 2.45) is 0 Å². The third-order valence-corrected chi connectivity index (χ3v) is 5.85. The van der Waals surface area contributed by atoms with Gasteiger partial charge in [0.2, 0.25) is 0 Å². The quantitative estimate of drug-likeness (QED) is 0.609. The van der Waals surface area contributed by atoms with E-state index in [1.165, 1.54) is 24.3 Å². The van der Waals surface area contributed by atoms with Crippen molar-refractivity contribution in [3.8, 4) is 0 Å². The molecule has 28 heavy (non-hydrogen) atoms. The van der Waals surface area contributed by atoms with Crippen LogP contribution in [0, 0.1) is 0 Å². The maximum absolute atomic E-state index is 12.5. The Labute approximate surface area is 172 Å². The highest BCUT2D eigenvalue weighted by Crippen LogP contribution is 2.26. The van der Waals surface area contributed by atoms with Crippen LogP contribution in [0.2, 0.25) is 10.0 Å². The Bertz CT molecular complexity index is 1110. The highest BCUT2D eigenvalue weighted by Gasteiger charge is 2.16. The van der Waals surface area contributed by atoms with Crippen molar-refractivity contribution in [3.05, 3.63) is 88.2 Å². The Balaban J connectivity index is 1.73. The third-order valence-electron chi connectivity index (χ3n) is 3.73. The Morgan fingerprint density at radius 3 is 2.50 bits per heavy atom. The Morgan fingerprint density at radius 2 is 1.79 bits per heavy atom. The van der Waals surface area contributed by atoms with Gasteiger partial charge in [-0.15, -0.1) is 0 Å². The molecule has 3 rings (SSSR count). The number of hydrogen-bond donors (Lipinski definition) is 2. The van der Waals surface area contributed by atoms with E-state index in [1.807, 2.05) is 6.07 Å². The van der Waals surface area contributed by atoms with Crippen molar-refractivity contribution in [2.75, 3.05) is 4.72 Å². The number of aromatic nitrogens is 1. The van der Waals surface area contributed by atoms with Crippen LogP contribution in [0.4, 0.5) is 5.69 Å². The van der Waals surface area contributed by atoms with Gasteiger partial charge in [-0.05, 0) is 48.5 Å². The number of halogens is 2. The van der Waals surface area contributed by atoms with Gasteiger partial charge < -0.3 is 5.32 Å². The number of amides is 1. The van der Waals surface area contributed by atoms with Gasteiger partial charge in [-0.2, -0.15) is 0 Å². The maximum atomic E-state index is 12.5. The monoisotopic (exact) mass is 435 g/mol. The number of carbonyl (C=O) groups excluding carboxylic acids is 1. The highest BCUT2D eigenvalue weighted by atomic mass is 35.5. The lowest BCUT2D eigenvalue weighted by molar-refractivity contribution is 0.0950. The van der Waals surface area contributed by atoms with E-state index in [0.717, 1.165) is 0 Å². The van der Waals surface area contributed by atoms with Gasteiger partial charge in [0.1, 0.15) is 0 Å². The lowest BCUT2D eigenvalue weighted by Gasteiger charge is -2.10. The molecule has 3 aromatic rings.